The number of carbonyl (C=O) groups excluding carboxylic acids is 2. The highest BCUT2D eigenvalue weighted by Crippen LogP contribution is 2.20. The van der Waals surface area contributed by atoms with Crippen molar-refractivity contribution in [1.29, 1.82) is 0 Å². The van der Waals surface area contributed by atoms with Crippen LogP contribution < -0.4 is 10.6 Å². The number of carbonyl (C=O) groups is 2. The van der Waals surface area contributed by atoms with E-state index in [4.69, 9.17) is 11.6 Å². The van der Waals surface area contributed by atoms with E-state index in [1.165, 1.54) is 13.0 Å². The summed E-state index contributed by atoms with van der Waals surface area (Å²) in [5, 5.41) is 13.5. The van der Waals surface area contributed by atoms with Crippen LogP contribution in [0.5, 0.6) is 0 Å². The maximum Gasteiger partial charge on any atom is 0.253 e. The highest BCUT2D eigenvalue weighted by atomic mass is 35.5. The lowest BCUT2D eigenvalue weighted by atomic mass is 10.2. The lowest BCUT2D eigenvalue weighted by molar-refractivity contribution is -0.114. The molecule has 23 heavy (non-hydrogen) atoms. The van der Waals surface area contributed by atoms with Crippen molar-refractivity contribution in [3.8, 4) is 0 Å². The molecule has 1 aromatic carbocycles. The van der Waals surface area contributed by atoms with Crippen molar-refractivity contribution in [1.82, 2.24) is 20.1 Å². The lowest BCUT2D eigenvalue weighted by Gasteiger charge is -2.10. The fraction of sp³-hybridized carbons (Fsp3) is 0.333. The van der Waals surface area contributed by atoms with E-state index in [9.17, 15) is 9.59 Å². The van der Waals surface area contributed by atoms with Gasteiger partial charge in [0.25, 0.3) is 5.91 Å². The van der Waals surface area contributed by atoms with E-state index in [1.807, 2.05) is 4.57 Å². The van der Waals surface area contributed by atoms with E-state index in [0.717, 1.165) is 13.0 Å². The van der Waals surface area contributed by atoms with Crippen molar-refractivity contribution < 1.29 is 9.59 Å². The molecule has 0 spiro atoms. The van der Waals surface area contributed by atoms with Crippen LogP contribution >= 0.6 is 11.6 Å². The summed E-state index contributed by atoms with van der Waals surface area (Å²) in [4.78, 5) is 23.4. The van der Waals surface area contributed by atoms with Gasteiger partial charge in [-0.05, 0) is 24.6 Å². The van der Waals surface area contributed by atoms with Crippen LogP contribution in [0.25, 0.3) is 0 Å². The second-order valence-electron chi connectivity index (χ2n) is 5.00. The van der Waals surface area contributed by atoms with Crippen LogP contribution in [0.4, 0.5) is 5.69 Å². The molecular weight excluding hydrogens is 318 g/mol. The number of hydrogen-bond acceptors (Lipinski definition) is 4. The van der Waals surface area contributed by atoms with Gasteiger partial charge in [0.2, 0.25) is 5.91 Å². The Kier molecular flexibility index (Phi) is 5.70. The molecule has 1 heterocycles. The fourth-order valence-electron chi connectivity index (χ4n) is 2.08. The van der Waals surface area contributed by atoms with Gasteiger partial charge in [-0.3, -0.25) is 9.59 Å². The number of nitrogens with one attached hydrogen (secondary N) is 2. The summed E-state index contributed by atoms with van der Waals surface area (Å²) in [6.45, 7) is 4.49. The molecule has 7 nitrogen and oxygen atoms in total. The van der Waals surface area contributed by atoms with Gasteiger partial charge in [-0.2, -0.15) is 0 Å². The van der Waals surface area contributed by atoms with Gasteiger partial charge in [-0.1, -0.05) is 18.5 Å². The molecule has 0 saturated heterocycles. The summed E-state index contributed by atoms with van der Waals surface area (Å²) < 4.78 is 1.88. The average Bonchev–Trinajstić information content (AvgIpc) is 2.94. The van der Waals surface area contributed by atoms with Crippen molar-refractivity contribution in [2.45, 2.75) is 33.4 Å². The van der Waals surface area contributed by atoms with Gasteiger partial charge in [0.15, 0.2) is 5.82 Å². The average molecular weight is 336 g/mol. The van der Waals surface area contributed by atoms with Crippen LogP contribution in [0.2, 0.25) is 5.02 Å². The molecule has 0 aliphatic heterocycles. The zero-order valence-electron chi connectivity index (χ0n) is 13.0. The van der Waals surface area contributed by atoms with Crippen LogP contribution in [0.15, 0.2) is 24.5 Å². The standard InChI is InChI=1S/C15H18ClN5O2/c1-3-6-21-9-18-20-14(21)8-17-15(23)12-7-11(19-10(2)22)4-5-13(12)16/h4-5,7,9H,3,6,8H2,1-2H3,(H,17,23)(H,19,22). The Bertz CT molecular complexity index is 714. The molecule has 0 aliphatic rings. The third-order valence-corrected chi connectivity index (χ3v) is 3.43. The van der Waals surface area contributed by atoms with Crippen LogP contribution in [0.3, 0.4) is 0 Å². The molecule has 2 rings (SSSR count). The smallest absolute Gasteiger partial charge is 0.253 e. The zero-order valence-corrected chi connectivity index (χ0v) is 13.7. The Hall–Kier alpha value is -2.41. The van der Waals surface area contributed by atoms with Crippen molar-refractivity contribution in [2.24, 2.45) is 0 Å². The first-order chi connectivity index (χ1) is 11.0. The molecule has 0 radical (unpaired) electrons. The second-order valence-corrected chi connectivity index (χ2v) is 5.41. The molecule has 0 saturated carbocycles. The number of rotatable bonds is 6. The number of aromatic nitrogens is 3. The predicted molar refractivity (Wildman–Crippen MR) is 87.2 cm³/mol. The molecule has 0 aliphatic carbocycles. The van der Waals surface area contributed by atoms with Gasteiger partial charge in [0.05, 0.1) is 17.1 Å². The quantitative estimate of drug-likeness (QED) is 0.847. The number of aryl methyl sites for hydroxylation is 1. The normalized spacial score (nSPS) is 10.4. The Morgan fingerprint density at radius 2 is 2.13 bits per heavy atom. The maximum absolute atomic E-state index is 12.3. The number of hydrogen-bond donors (Lipinski definition) is 2. The van der Waals surface area contributed by atoms with Crippen LogP contribution in [0, 0.1) is 0 Å². The Balaban J connectivity index is 2.08. The van der Waals surface area contributed by atoms with E-state index < -0.39 is 0 Å². The minimum atomic E-state index is -0.340. The summed E-state index contributed by atoms with van der Waals surface area (Å²) in [7, 11) is 0. The molecule has 2 aromatic rings. The van der Waals surface area contributed by atoms with Gasteiger partial charge in [0.1, 0.15) is 6.33 Å². The van der Waals surface area contributed by atoms with E-state index in [1.54, 1.807) is 18.5 Å². The number of halogens is 1. The van der Waals surface area contributed by atoms with Crippen molar-refractivity contribution in [3.05, 3.63) is 40.9 Å². The SMILES string of the molecule is CCCn1cnnc1CNC(=O)c1cc(NC(C)=O)ccc1Cl. The van der Waals surface area contributed by atoms with Gasteiger partial charge in [-0.15, -0.1) is 10.2 Å². The molecule has 2 N–H and O–H groups in total. The highest BCUT2D eigenvalue weighted by Gasteiger charge is 2.13. The topological polar surface area (TPSA) is 88.9 Å². The number of amides is 2. The first-order valence-electron chi connectivity index (χ1n) is 7.23. The first kappa shape index (κ1) is 17.0. The number of nitrogens with zero attached hydrogens (tertiary/aromatic N) is 3. The molecule has 0 atom stereocenters. The largest absolute Gasteiger partial charge is 0.345 e. The van der Waals surface area contributed by atoms with E-state index in [-0.39, 0.29) is 18.4 Å². The number of benzene rings is 1. The molecule has 1 aromatic heterocycles. The Labute approximate surface area is 139 Å². The van der Waals surface area contributed by atoms with Gasteiger partial charge in [-0.25, -0.2) is 0 Å². The van der Waals surface area contributed by atoms with Crippen LogP contribution in [-0.2, 0) is 17.9 Å². The van der Waals surface area contributed by atoms with E-state index >= 15 is 0 Å². The molecule has 0 bridgehead atoms. The molecular formula is C15H18ClN5O2. The summed E-state index contributed by atoms with van der Waals surface area (Å²) in [6, 6.07) is 4.75. The maximum atomic E-state index is 12.3. The predicted octanol–water partition coefficient (Wildman–Crippen LogP) is 2.23. The lowest BCUT2D eigenvalue weighted by Crippen LogP contribution is -2.25. The number of anilines is 1. The van der Waals surface area contributed by atoms with E-state index in [2.05, 4.69) is 27.8 Å². The minimum absolute atomic E-state index is 0.216. The van der Waals surface area contributed by atoms with Gasteiger partial charge >= 0.3 is 0 Å². The molecule has 8 heteroatoms. The second kappa shape index (κ2) is 7.73. The molecule has 0 fully saturated rings. The molecule has 2 amide bonds. The van der Waals surface area contributed by atoms with Crippen molar-refractivity contribution in [3.63, 3.8) is 0 Å². The summed E-state index contributed by atoms with van der Waals surface area (Å²) in [5.41, 5.74) is 0.806. The van der Waals surface area contributed by atoms with Crippen molar-refractivity contribution in [2.75, 3.05) is 5.32 Å². The molecule has 122 valence electrons. The third kappa shape index (κ3) is 4.53. The van der Waals surface area contributed by atoms with Gasteiger partial charge in [0, 0.05) is 19.2 Å². The summed E-state index contributed by atoms with van der Waals surface area (Å²) in [6.07, 6.45) is 2.58. The summed E-state index contributed by atoms with van der Waals surface area (Å²) >= 11 is 6.06. The highest BCUT2D eigenvalue weighted by molar-refractivity contribution is 6.34. The Morgan fingerprint density at radius 3 is 2.83 bits per heavy atom. The minimum Gasteiger partial charge on any atom is -0.345 e. The van der Waals surface area contributed by atoms with Crippen molar-refractivity contribution >= 4 is 29.1 Å². The monoisotopic (exact) mass is 335 g/mol. The molecule has 0 unspecified atom stereocenters. The Morgan fingerprint density at radius 1 is 1.35 bits per heavy atom. The zero-order chi connectivity index (χ0) is 16.8. The third-order valence-electron chi connectivity index (χ3n) is 3.10. The van der Waals surface area contributed by atoms with E-state index in [0.29, 0.717) is 22.1 Å². The van der Waals surface area contributed by atoms with Gasteiger partial charge < -0.3 is 15.2 Å². The summed E-state index contributed by atoms with van der Waals surface area (Å²) in [5.74, 6) is 0.119. The first-order valence-corrected chi connectivity index (χ1v) is 7.61. The van der Waals surface area contributed by atoms with Crippen LogP contribution in [-0.4, -0.2) is 26.6 Å². The fourth-order valence-corrected chi connectivity index (χ4v) is 2.28. The van der Waals surface area contributed by atoms with Crippen LogP contribution in [0.1, 0.15) is 36.5 Å².